The molecule has 0 radical (unpaired) electrons. The van der Waals surface area contributed by atoms with Crippen LogP contribution in [0.25, 0.3) is 0 Å². The molecule has 1 aliphatic heterocycles. The van der Waals surface area contributed by atoms with E-state index in [1.54, 1.807) is 19.1 Å². The van der Waals surface area contributed by atoms with Gasteiger partial charge in [0.2, 0.25) is 0 Å². The Morgan fingerprint density at radius 3 is 2.67 bits per heavy atom. The number of hydrogen-bond acceptors (Lipinski definition) is 4. The van der Waals surface area contributed by atoms with Crippen molar-refractivity contribution in [3.05, 3.63) is 57.1 Å². The minimum atomic E-state index is -3.96. The van der Waals surface area contributed by atoms with E-state index in [4.69, 9.17) is 4.74 Å². The van der Waals surface area contributed by atoms with Gasteiger partial charge in [-0.05, 0) is 35.0 Å². The molecule has 3 rings (SSSR count). The number of rotatable bonds is 3. The standard InChI is InChI=1S/C16H13BrF2O4S/c1-8-3-4-14(24(20,21)22-2)9(5-8)13-6-10-15(19)12(18)7-11(17)16(10)23-13/h3-5,7,13H,6H2,1-2H3. The molecular formula is C16H13BrF2O4S. The average Bonchev–Trinajstić information content (AvgIpc) is 2.98. The molecule has 1 heterocycles. The van der Waals surface area contributed by atoms with E-state index in [1.165, 1.54) is 6.07 Å². The van der Waals surface area contributed by atoms with E-state index in [2.05, 4.69) is 20.1 Å². The van der Waals surface area contributed by atoms with Crippen molar-refractivity contribution in [2.45, 2.75) is 24.3 Å². The Hall–Kier alpha value is -1.51. The number of hydrogen-bond donors (Lipinski definition) is 0. The van der Waals surface area contributed by atoms with Gasteiger partial charge in [-0.2, -0.15) is 8.42 Å². The van der Waals surface area contributed by atoms with Crippen LogP contribution < -0.4 is 4.74 Å². The van der Waals surface area contributed by atoms with Gasteiger partial charge in [-0.25, -0.2) is 8.78 Å². The van der Waals surface area contributed by atoms with Gasteiger partial charge in [0, 0.05) is 17.5 Å². The maximum absolute atomic E-state index is 14.0. The summed E-state index contributed by atoms with van der Waals surface area (Å²) in [5.41, 5.74) is 1.24. The highest BCUT2D eigenvalue weighted by atomic mass is 79.9. The summed E-state index contributed by atoms with van der Waals surface area (Å²) in [7, 11) is -2.89. The molecule has 1 atom stereocenters. The van der Waals surface area contributed by atoms with Crippen LogP contribution in [0.4, 0.5) is 8.78 Å². The van der Waals surface area contributed by atoms with Gasteiger partial charge in [0.05, 0.1) is 11.6 Å². The van der Waals surface area contributed by atoms with Crippen molar-refractivity contribution in [2.24, 2.45) is 0 Å². The maximum Gasteiger partial charge on any atom is 0.297 e. The van der Waals surface area contributed by atoms with E-state index in [9.17, 15) is 17.2 Å². The van der Waals surface area contributed by atoms with E-state index in [1.807, 2.05) is 0 Å². The molecule has 1 aliphatic rings. The van der Waals surface area contributed by atoms with Crippen molar-refractivity contribution >= 4 is 26.0 Å². The molecular weight excluding hydrogens is 406 g/mol. The van der Waals surface area contributed by atoms with Crippen LogP contribution >= 0.6 is 15.9 Å². The lowest BCUT2D eigenvalue weighted by atomic mass is 10.0. The van der Waals surface area contributed by atoms with Crippen LogP contribution in [0.5, 0.6) is 5.75 Å². The largest absolute Gasteiger partial charge is 0.484 e. The summed E-state index contributed by atoms with van der Waals surface area (Å²) in [5, 5.41) is 0. The second-order valence-electron chi connectivity index (χ2n) is 5.43. The molecule has 2 aromatic rings. The zero-order valence-electron chi connectivity index (χ0n) is 12.8. The van der Waals surface area contributed by atoms with Crippen LogP contribution in [0.1, 0.15) is 22.8 Å². The number of halogens is 3. The third kappa shape index (κ3) is 2.82. The topological polar surface area (TPSA) is 52.6 Å². The molecule has 0 fully saturated rings. The van der Waals surface area contributed by atoms with Gasteiger partial charge in [0.25, 0.3) is 10.1 Å². The van der Waals surface area contributed by atoms with Gasteiger partial charge < -0.3 is 4.74 Å². The van der Waals surface area contributed by atoms with Crippen LogP contribution in [0.2, 0.25) is 0 Å². The van der Waals surface area contributed by atoms with Gasteiger partial charge in [-0.15, -0.1) is 0 Å². The Morgan fingerprint density at radius 1 is 1.29 bits per heavy atom. The molecule has 0 aromatic heterocycles. The molecule has 8 heteroatoms. The summed E-state index contributed by atoms with van der Waals surface area (Å²) >= 11 is 3.14. The summed E-state index contributed by atoms with van der Waals surface area (Å²) in [6.07, 6.45) is -0.736. The van der Waals surface area contributed by atoms with E-state index in [0.29, 0.717) is 5.56 Å². The van der Waals surface area contributed by atoms with Crippen molar-refractivity contribution in [3.63, 3.8) is 0 Å². The Bertz CT molecular complexity index is 928. The van der Waals surface area contributed by atoms with Crippen LogP contribution in [-0.2, 0) is 20.7 Å². The minimum Gasteiger partial charge on any atom is -0.484 e. The Morgan fingerprint density at radius 2 is 2.00 bits per heavy atom. The van der Waals surface area contributed by atoms with E-state index >= 15 is 0 Å². The molecule has 0 aliphatic carbocycles. The summed E-state index contributed by atoms with van der Waals surface area (Å²) in [6, 6.07) is 5.68. The maximum atomic E-state index is 14.0. The second kappa shape index (κ2) is 6.09. The fourth-order valence-corrected chi connectivity index (χ4v) is 4.14. The lowest BCUT2D eigenvalue weighted by Crippen LogP contribution is -2.12. The number of benzene rings is 2. The number of aryl methyl sites for hydroxylation is 1. The summed E-state index contributed by atoms with van der Waals surface area (Å²) in [5.74, 6) is -1.79. The minimum absolute atomic E-state index is 0.0210. The van der Waals surface area contributed by atoms with E-state index < -0.39 is 27.9 Å². The highest BCUT2D eigenvalue weighted by molar-refractivity contribution is 9.10. The lowest BCUT2D eigenvalue weighted by Gasteiger charge is -2.16. The predicted molar refractivity (Wildman–Crippen MR) is 86.5 cm³/mol. The smallest absolute Gasteiger partial charge is 0.297 e. The van der Waals surface area contributed by atoms with E-state index in [0.717, 1.165) is 18.7 Å². The molecule has 0 N–H and O–H groups in total. The number of ether oxygens (including phenoxy) is 1. The van der Waals surface area contributed by atoms with Crippen LogP contribution in [0.3, 0.4) is 0 Å². The van der Waals surface area contributed by atoms with Crippen molar-refractivity contribution in [1.82, 2.24) is 0 Å². The van der Waals surface area contributed by atoms with E-state index in [-0.39, 0.29) is 27.1 Å². The summed E-state index contributed by atoms with van der Waals surface area (Å²) in [6.45, 7) is 1.80. The first-order valence-corrected chi connectivity index (χ1v) is 9.19. The Labute approximate surface area is 146 Å². The van der Waals surface area contributed by atoms with Crippen molar-refractivity contribution in [1.29, 1.82) is 0 Å². The SMILES string of the molecule is COS(=O)(=O)c1ccc(C)cc1C1Cc2c(F)c(F)cc(Br)c2O1. The van der Waals surface area contributed by atoms with Gasteiger partial charge in [-0.3, -0.25) is 4.18 Å². The van der Waals surface area contributed by atoms with Crippen molar-refractivity contribution in [2.75, 3.05) is 7.11 Å². The van der Waals surface area contributed by atoms with Crippen LogP contribution in [0.15, 0.2) is 33.6 Å². The molecule has 0 saturated heterocycles. The Balaban J connectivity index is 2.11. The average molecular weight is 419 g/mol. The van der Waals surface area contributed by atoms with Crippen LogP contribution in [-0.4, -0.2) is 15.5 Å². The van der Waals surface area contributed by atoms with Crippen molar-refractivity contribution in [3.8, 4) is 5.75 Å². The van der Waals surface area contributed by atoms with Crippen LogP contribution in [0, 0.1) is 18.6 Å². The summed E-state index contributed by atoms with van der Waals surface area (Å²) < 4.78 is 62.4. The zero-order valence-corrected chi connectivity index (χ0v) is 15.2. The number of fused-ring (bicyclic) bond motifs is 1. The van der Waals surface area contributed by atoms with Gasteiger partial charge >= 0.3 is 0 Å². The first-order chi connectivity index (χ1) is 11.2. The van der Waals surface area contributed by atoms with Gasteiger partial charge in [-0.1, -0.05) is 17.7 Å². The fraction of sp³-hybridized carbons (Fsp3) is 0.250. The Kier molecular flexibility index (Phi) is 4.39. The highest BCUT2D eigenvalue weighted by Crippen LogP contribution is 2.45. The molecule has 2 aromatic carbocycles. The summed E-state index contributed by atoms with van der Waals surface area (Å²) in [4.78, 5) is -0.0505. The molecule has 0 amide bonds. The molecule has 24 heavy (non-hydrogen) atoms. The first kappa shape index (κ1) is 17.3. The van der Waals surface area contributed by atoms with Gasteiger partial charge in [0.1, 0.15) is 16.7 Å². The van der Waals surface area contributed by atoms with Gasteiger partial charge in [0.15, 0.2) is 11.6 Å². The normalized spacial score (nSPS) is 16.8. The molecule has 128 valence electrons. The third-order valence-corrected chi connectivity index (χ3v) is 5.81. The quantitative estimate of drug-likeness (QED) is 0.557. The highest BCUT2D eigenvalue weighted by Gasteiger charge is 2.34. The zero-order chi connectivity index (χ0) is 17.6. The molecule has 0 bridgehead atoms. The monoisotopic (exact) mass is 418 g/mol. The molecule has 4 nitrogen and oxygen atoms in total. The van der Waals surface area contributed by atoms with Crippen molar-refractivity contribution < 1.29 is 26.1 Å². The fourth-order valence-electron chi connectivity index (χ4n) is 2.72. The lowest BCUT2D eigenvalue weighted by molar-refractivity contribution is 0.233. The predicted octanol–water partition coefficient (Wildman–Crippen LogP) is 4.05. The molecule has 0 saturated carbocycles. The third-order valence-electron chi connectivity index (χ3n) is 3.87. The molecule has 0 spiro atoms. The first-order valence-electron chi connectivity index (χ1n) is 6.99. The molecule has 1 unspecified atom stereocenters. The second-order valence-corrected chi connectivity index (χ2v) is 7.97.